The van der Waals surface area contributed by atoms with Crippen LogP contribution in [0.2, 0.25) is 5.02 Å². The van der Waals surface area contributed by atoms with Crippen molar-refractivity contribution in [3.63, 3.8) is 0 Å². The Morgan fingerprint density at radius 2 is 2.19 bits per heavy atom. The standard InChI is InChI=1S/C12H18ClN3/c13-11-1-4-15-12(7-11)9-16-5-2-10(8-14)3-6-16/h1,4,7,10H,2-3,5-6,8-9,14H2. The van der Waals surface area contributed by atoms with Gasteiger partial charge in [-0.1, -0.05) is 11.6 Å². The fourth-order valence-electron chi connectivity index (χ4n) is 2.14. The van der Waals surface area contributed by atoms with Crippen molar-refractivity contribution < 1.29 is 0 Å². The zero-order valence-electron chi connectivity index (χ0n) is 9.40. The van der Waals surface area contributed by atoms with Gasteiger partial charge in [-0.2, -0.15) is 0 Å². The Balaban J connectivity index is 1.87. The van der Waals surface area contributed by atoms with E-state index in [0.717, 1.165) is 36.9 Å². The second-order valence-electron chi connectivity index (χ2n) is 4.42. The van der Waals surface area contributed by atoms with Crippen LogP contribution in [0.4, 0.5) is 0 Å². The van der Waals surface area contributed by atoms with Crippen LogP contribution in [0.25, 0.3) is 0 Å². The van der Waals surface area contributed by atoms with Crippen molar-refractivity contribution in [2.24, 2.45) is 11.7 Å². The van der Waals surface area contributed by atoms with E-state index in [9.17, 15) is 0 Å². The molecule has 4 heteroatoms. The van der Waals surface area contributed by atoms with Crippen molar-refractivity contribution in [2.45, 2.75) is 19.4 Å². The van der Waals surface area contributed by atoms with E-state index in [4.69, 9.17) is 17.3 Å². The Kier molecular flexibility index (Phi) is 4.16. The van der Waals surface area contributed by atoms with E-state index in [-0.39, 0.29) is 0 Å². The molecular weight excluding hydrogens is 222 g/mol. The molecule has 88 valence electrons. The molecule has 16 heavy (non-hydrogen) atoms. The van der Waals surface area contributed by atoms with Crippen molar-refractivity contribution in [3.8, 4) is 0 Å². The minimum atomic E-state index is 0.712. The van der Waals surface area contributed by atoms with Crippen LogP contribution >= 0.6 is 11.6 Å². The molecular formula is C12H18ClN3. The molecule has 0 amide bonds. The summed E-state index contributed by atoms with van der Waals surface area (Å²) in [5.41, 5.74) is 6.73. The summed E-state index contributed by atoms with van der Waals surface area (Å²) in [7, 11) is 0. The van der Waals surface area contributed by atoms with Crippen LogP contribution in [0.15, 0.2) is 18.3 Å². The predicted octanol–water partition coefficient (Wildman–Crippen LogP) is 1.91. The molecule has 1 aliphatic rings. The molecule has 2 N–H and O–H groups in total. The summed E-state index contributed by atoms with van der Waals surface area (Å²) >= 11 is 5.93. The molecule has 0 spiro atoms. The molecule has 1 saturated heterocycles. The lowest BCUT2D eigenvalue weighted by molar-refractivity contribution is 0.179. The highest BCUT2D eigenvalue weighted by Gasteiger charge is 2.18. The number of halogens is 1. The Hall–Kier alpha value is -0.640. The van der Waals surface area contributed by atoms with E-state index in [2.05, 4.69) is 9.88 Å². The van der Waals surface area contributed by atoms with Gasteiger partial charge in [-0.15, -0.1) is 0 Å². The first-order valence-corrected chi connectivity index (χ1v) is 6.18. The number of pyridine rings is 1. The van der Waals surface area contributed by atoms with E-state index < -0.39 is 0 Å². The molecule has 0 aliphatic carbocycles. The number of likely N-dealkylation sites (tertiary alicyclic amines) is 1. The number of nitrogens with two attached hydrogens (primary N) is 1. The maximum Gasteiger partial charge on any atom is 0.0558 e. The van der Waals surface area contributed by atoms with E-state index in [0.29, 0.717) is 5.92 Å². The average Bonchev–Trinajstić information content (AvgIpc) is 2.30. The number of rotatable bonds is 3. The summed E-state index contributed by atoms with van der Waals surface area (Å²) in [4.78, 5) is 6.74. The molecule has 0 saturated carbocycles. The molecule has 0 unspecified atom stereocenters. The van der Waals surface area contributed by atoms with E-state index in [1.165, 1.54) is 12.8 Å². The van der Waals surface area contributed by atoms with Crippen LogP contribution in [0.1, 0.15) is 18.5 Å². The van der Waals surface area contributed by atoms with Gasteiger partial charge in [0.15, 0.2) is 0 Å². The lowest BCUT2D eigenvalue weighted by atomic mass is 9.97. The van der Waals surface area contributed by atoms with E-state index in [1.54, 1.807) is 6.20 Å². The van der Waals surface area contributed by atoms with Crippen LogP contribution in [0.5, 0.6) is 0 Å². The first-order chi connectivity index (χ1) is 7.78. The average molecular weight is 240 g/mol. The number of nitrogens with zero attached hydrogens (tertiary/aromatic N) is 2. The smallest absolute Gasteiger partial charge is 0.0558 e. The maximum absolute atomic E-state index is 5.93. The van der Waals surface area contributed by atoms with Crippen molar-refractivity contribution in [3.05, 3.63) is 29.0 Å². The van der Waals surface area contributed by atoms with Crippen molar-refractivity contribution in [1.82, 2.24) is 9.88 Å². The summed E-state index contributed by atoms with van der Waals surface area (Å²) in [5, 5.41) is 0.766. The van der Waals surface area contributed by atoms with Crippen molar-refractivity contribution >= 4 is 11.6 Å². The van der Waals surface area contributed by atoms with Gasteiger partial charge in [-0.05, 0) is 50.5 Å². The second kappa shape index (κ2) is 5.62. The maximum atomic E-state index is 5.93. The van der Waals surface area contributed by atoms with Gasteiger partial charge in [0.25, 0.3) is 0 Å². The minimum absolute atomic E-state index is 0.712. The van der Waals surface area contributed by atoms with Gasteiger partial charge in [0.1, 0.15) is 0 Å². The molecule has 2 heterocycles. The van der Waals surface area contributed by atoms with Crippen molar-refractivity contribution in [1.29, 1.82) is 0 Å². The minimum Gasteiger partial charge on any atom is -0.330 e. The lowest BCUT2D eigenvalue weighted by Gasteiger charge is -2.30. The van der Waals surface area contributed by atoms with Crippen LogP contribution in [-0.4, -0.2) is 29.5 Å². The largest absolute Gasteiger partial charge is 0.330 e. The van der Waals surface area contributed by atoms with Gasteiger partial charge in [-0.25, -0.2) is 0 Å². The third-order valence-corrected chi connectivity index (χ3v) is 3.44. The number of hydrogen-bond donors (Lipinski definition) is 1. The second-order valence-corrected chi connectivity index (χ2v) is 4.86. The Labute approximate surface area is 102 Å². The quantitative estimate of drug-likeness (QED) is 0.876. The van der Waals surface area contributed by atoms with Gasteiger partial charge < -0.3 is 5.73 Å². The van der Waals surface area contributed by atoms with E-state index in [1.807, 2.05) is 12.1 Å². The molecule has 0 bridgehead atoms. The molecule has 1 aromatic heterocycles. The van der Waals surface area contributed by atoms with E-state index >= 15 is 0 Å². The van der Waals surface area contributed by atoms with Gasteiger partial charge in [0.05, 0.1) is 5.69 Å². The van der Waals surface area contributed by atoms with Gasteiger partial charge in [0, 0.05) is 17.8 Å². The molecule has 0 aromatic carbocycles. The SMILES string of the molecule is NCC1CCN(Cc2cc(Cl)ccn2)CC1. The summed E-state index contributed by atoms with van der Waals surface area (Å²) < 4.78 is 0. The summed E-state index contributed by atoms with van der Waals surface area (Å²) in [6, 6.07) is 3.75. The Morgan fingerprint density at radius 3 is 2.81 bits per heavy atom. The molecule has 0 radical (unpaired) electrons. The van der Waals surface area contributed by atoms with Gasteiger partial charge >= 0.3 is 0 Å². The summed E-state index contributed by atoms with van der Waals surface area (Å²) in [5.74, 6) is 0.712. The molecule has 1 aromatic rings. The lowest BCUT2D eigenvalue weighted by Crippen LogP contribution is -2.35. The molecule has 1 fully saturated rings. The normalized spacial score (nSPS) is 18.9. The van der Waals surface area contributed by atoms with Crippen LogP contribution in [-0.2, 0) is 6.54 Å². The molecule has 2 rings (SSSR count). The topological polar surface area (TPSA) is 42.1 Å². The summed E-state index contributed by atoms with van der Waals surface area (Å²) in [6.45, 7) is 3.97. The zero-order valence-corrected chi connectivity index (χ0v) is 10.2. The molecule has 0 atom stereocenters. The third-order valence-electron chi connectivity index (χ3n) is 3.20. The van der Waals surface area contributed by atoms with Crippen LogP contribution in [0.3, 0.4) is 0 Å². The Bertz CT molecular complexity index is 335. The Morgan fingerprint density at radius 1 is 1.44 bits per heavy atom. The van der Waals surface area contributed by atoms with Crippen LogP contribution < -0.4 is 5.73 Å². The number of piperidine rings is 1. The monoisotopic (exact) mass is 239 g/mol. The first kappa shape index (κ1) is 11.8. The summed E-state index contributed by atoms with van der Waals surface area (Å²) in [6.07, 6.45) is 4.18. The number of aromatic nitrogens is 1. The zero-order chi connectivity index (χ0) is 11.4. The highest BCUT2D eigenvalue weighted by Crippen LogP contribution is 2.18. The van der Waals surface area contributed by atoms with Gasteiger partial charge in [-0.3, -0.25) is 9.88 Å². The highest BCUT2D eigenvalue weighted by molar-refractivity contribution is 6.30. The number of hydrogen-bond acceptors (Lipinski definition) is 3. The molecule has 1 aliphatic heterocycles. The van der Waals surface area contributed by atoms with Gasteiger partial charge in [0.2, 0.25) is 0 Å². The third kappa shape index (κ3) is 3.17. The molecule has 3 nitrogen and oxygen atoms in total. The van der Waals surface area contributed by atoms with Crippen molar-refractivity contribution in [2.75, 3.05) is 19.6 Å². The van der Waals surface area contributed by atoms with Crippen LogP contribution in [0, 0.1) is 5.92 Å². The highest BCUT2D eigenvalue weighted by atomic mass is 35.5. The fourth-order valence-corrected chi connectivity index (χ4v) is 2.33. The fraction of sp³-hybridized carbons (Fsp3) is 0.583. The first-order valence-electron chi connectivity index (χ1n) is 5.81. The predicted molar refractivity (Wildman–Crippen MR) is 66.3 cm³/mol.